The third-order valence-electron chi connectivity index (χ3n) is 4.53. The number of anilines is 1. The summed E-state index contributed by atoms with van der Waals surface area (Å²) in [5.41, 5.74) is 0.536. The highest BCUT2D eigenvalue weighted by Crippen LogP contribution is 2.32. The zero-order chi connectivity index (χ0) is 25.1. The lowest BCUT2D eigenvalue weighted by atomic mass is 10.1. The molecule has 2 N–H and O–H groups in total. The Bertz CT molecular complexity index is 1390. The Morgan fingerprint density at radius 2 is 1.97 bits per heavy atom. The predicted molar refractivity (Wildman–Crippen MR) is 140 cm³/mol. The number of carbonyl (C=O) groups excluding carboxylic acids is 2. The van der Waals surface area contributed by atoms with Gasteiger partial charge in [0, 0.05) is 33.2 Å². The third kappa shape index (κ3) is 5.84. The number of hydrogen-bond donors (Lipinski definition) is 2. The lowest BCUT2D eigenvalue weighted by molar-refractivity contribution is 0.0944. The second-order valence-electron chi connectivity index (χ2n) is 7.54. The second kappa shape index (κ2) is 10.8. The van der Waals surface area contributed by atoms with Crippen molar-refractivity contribution in [2.75, 3.05) is 5.32 Å². The Balaban J connectivity index is 1.75. The summed E-state index contributed by atoms with van der Waals surface area (Å²) in [6, 6.07) is 9.50. The van der Waals surface area contributed by atoms with Gasteiger partial charge in [-0.25, -0.2) is 9.67 Å². The SMILES string of the molecule is CC(C)NC(=O)c1cc(Cl)cc(Br)c1NC(=O)c1cc(Oc2ccsc2)nn1-c1ncccc1Cl. The van der Waals surface area contributed by atoms with Crippen LogP contribution in [0.2, 0.25) is 10.0 Å². The Labute approximate surface area is 223 Å². The number of aromatic nitrogens is 3. The van der Waals surface area contributed by atoms with Gasteiger partial charge in [-0.05, 0) is 65.5 Å². The minimum atomic E-state index is -0.569. The molecular weight excluding hydrogens is 577 g/mol. The summed E-state index contributed by atoms with van der Waals surface area (Å²) in [4.78, 5) is 30.6. The van der Waals surface area contributed by atoms with E-state index in [1.54, 1.807) is 29.6 Å². The molecule has 3 heterocycles. The fourth-order valence-electron chi connectivity index (χ4n) is 3.09. The van der Waals surface area contributed by atoms with Crippen molar-refractivity contribution in [1.29, 1.82) is 0 Å². The van der Waals surface area contributed by atoms with E-state index in [9.17, 15) is 9.59 Å². The van der Waals surface area contributed by atoms with E-state index < -0.39 is 5.91 Å². The third-order valence-corrected chi connectivity index (χ3v) is 6.33. The average molecular weight is 595 g/mol. The van der Waals surface area contributed by atoms with Crippen molar-refractivity contribution >= 4 is 68.0 Å². The quantitative estimate of drug-likeness (QED) is 0.252. The largest absolute Gasteiger partial charge is 0.437 e. The van der Waals surface area contributed by atoms with E-state index in [0.717, 1.165) is 0 Å². The molecule has 4 aromatic rings. The number of nitrogens with one attached hydrogen (secondary N) is 2. The van der Waals surface area contributed by atoms with Crippen LogP contribution in [-0.4, -0.2) is 32.6 Å². The smallest absolute Gasteiger partial charge is 0.274 e. The minimum absolute atomic E-state index is 0.0906. The fraction of sp³-hybridized carbons (Fsp3) is 0.130. The van der Waals surface area contributed by atoms with Gasteiger partial charge in [-0.3, -0.25) is 9.59 Å². The van der Waals surface area contributed by atoms with Crippen LogP contribution in [0.5, 0.6) is 11.6 Å². The molecule has 0 aliphatic heterocycles. The molecule has 1 aromatic carbocycles. The Hall–Kier alpha value is -2.92. The van der Waals surface area contributed by atoms with Crippen LogP contribution in [0.4, 0.5) is 5.69 Å². The van der Waals surface area contributed by atoms with Gasteiger partial charge >= 0.3 is 0 Å². The van der Waals surface area contributed by atoms with Gasteiger partial charge in [-0.1, -0.05) is 23.2 Å². The van der Waals surface area contributed by atoms with Crippen LogP contribution in [0.1, 0.15) is 34.7 Å². The average Bonchev–Trinajstić information content (AvgIpc) is 3.45. The number of carbonyl (C=O) groups is 2. The number of hydrogen-bond acceptors (Lipinski definition) is 6. The molecule has 0 fully saturated rings. The van der Waals surface area contributed by atoms with Crippen molar-refractivity contribution in [2.45, 2.75) is 19.9 Å². The maximum Gasteiger partial charge on any atom is 0.274 e. The van der Waals surface area contributed by atoms with Crippen LogP contribution in [0.25, 0.3) is 5.82 Å². The number of pyridine rings is 1. The molecule has 0 spiro atoms. The van der Waals surface area contributed by atoms with Crippen LogP contribution in [0, 0.1) is 0 Å². The van der Waals surface area contributed by atoms with E-state index in [1.165, 1.54) is 34.3 Å². The topological polar surface area (TPSA) is 98.1 Å². The number of nitrogens with zero attached hydrogens (tertiary/aromatic N) is 3. The van der Waals surface area contributed by atoms with Crippen LogP contribution >= 0.6 is 50.5 Å². The molecular formula is C23H18BrCl2N5O3S. The van der Waals surface area contributed by atoms with Gasteiger partial charge in [-0.2, -0.15) is 0 Å². The summed E-state index contributed by atoms with van der Waals surface area (Å²) in [5, 5.41) is 14.3. The first kappa shape index (κ1) is 25.2. The molecule has 12 heteroatoms. The number of amides is 2. The van der Waals surface area contributed by atoms with E-state index in [0.29, 0.717) is 15.2 Å². The Kier molecular flexibility index (Phi) is 7.75. The summed E-state index contributed by atoms with van der Waals surface area (Å²) in [5.74, 6) is 0.0322. The lowest BCUT2D eigenvalue weighted by Gasteiger charge is -2.15. The van der Waals surface area contributed by atoms with E-state index >= 15 is 0 Å². The zero-order valence-electron chi connectivity index (χ0n) is 18.4. The number of ether oxygens (including phenoxy) is 1. The molecule has 0 aliphatic rings. The van der Waals surface area contributed by atoms with Crippen molar-refractivity contribution in [3.63, 3.8) is 0 Å². The molecule has 0 bridgehead atoms. The van der Waals surface area contributed by atoms with Gasteiger partial charge in [0.2, 0.25) is 5.88 Å². The highest BCUT2D eigenvalue weighted by atomic mass is 79.9. The van der Waals surface area contributed by atoms with Crippen molar-refractivity contribution in [3.8, 4) is 17.4 Å². The summed E-state index contributed by atoms with van der Waals surface area (Å²) >= 11 is 17.4. The molecule has 4 rings (SSSR count). The van der Waals surface area contributed by atoms with Crippen molar-refractivity contribution < 1.29 is 14.3 Å². The molecule has 180 valence electrons. The second-order valence-corrected chi connectivity index (χ2v) is 10.0. The van der Waals surface area contributed by atoms with Crippen molar-refractivity contribution in [2.24, 2.45) is 0 Å². The Morgan fingerprint density at radius 3 is 2.66 bits per heavy atom. The van der Waals surface area contributed by atoms with E-state index in [2.05, 4.69) is 36.6 Å². The first-order valence-corrected chi connectivity index (χ1v) is 12.7. The number of halogens is 3. The zero-order valence-corrected chi connectivity index (χ0v) is 22.3. The lowest BCUT2D eigenvalue weighted by Crippen LogP contribution is -2.31. The van der Waals surface area contributed by atoms with Crippen molar-refractivity contribution in [3.05, 3.63) is 79.1 Å². The Morgan fingerprint density at radius 1 is 1.17 bits per heavy atom. The highest BCUT2D eigenvalue weighted by Gasteiger charge is 2.24. The molecule has 0 unspecified atom stereocenters. The number of rotatable bonds is 7. The van der Waals surface area contributed by atoms with Gasteiger partial charge in [0.25, 0.3) is 11.8 Å². The first-order chi connectivity index (χ1) is 16.7. The maximum atomic E-state index is 13.5. The maximum absolute atomic E-state index is 13.5. The monoisotopic (exact) mass is 593 g/mol. The molecule has 3 aromatic heterocycles. The summed E-state index contributed by atoms with van der Waals surface area (Å²) in [6.45, 7) is 3.67. The standard InChI is InChI=1S/C23H18BrCl2N5O3S/c1-12(2)28-22(32)15-8-13(25)9-16(24)20(15)29-23(33)18-10-19(34-14-5-7-35-11-14)30-31(18)21-17(26)4-3-6-27-21/h3-12H,1-2H3,(H,28,32)(H,29,33). The molecule has 0 saturated heterocycles. The fourth-order valence-corrected chi connectivity index (χ4v) is 4.76. The van der Waals surface area contributed by atoms with Gasteiger partial charge < -0.3 is 15.4 Å². The molecule has 0 radical (unpaired) electrons. The predicted octanol–water partition coefficient (Wildman–Crippen LogP) is 6.58. The molecule has 0 aliphatic carbocycles. The molecule has 35 heavy (non-hydrogen) atoms. The van der Waals surface area contributed by atoms with Crippen LogP contribution < -0.4 is 15.4 Å². The minimum Gasteiger partial charge on any atom is -0.437 e. The normalized spacial score (nSPS) is 10.9. The first-order valence-electron chi connectivity index (χ1n) is 10.2. The molecule has 2 amide bonds. The molecule has 0 saturated carbocycles. The van der Waals surface area contributed by atoms with Gasteiger partial charge in [0.15, 0.2) is 5.82 Å². The van der Waals surface area contributed by atoms with Gasteiger partial charge in [0.05, 0.1) is 16.3 Å². The van der Waals surface area contributed by atoms with Crippen LogP contribution in [0.15, 0.2) is 57.8 Å². The summed E-state index contributed by atoms with van der Waals surface area (Å²) in [7, 11) is 0. The summed E-state index contributed by atoms with van der Waals surface area (Å²) in [6.07, 6.45) is 1.54. The highest BCUT2D eigenvalue weighted by molar-refractivity contribution is 9.10. The van der Waals surface area contributed by atoms with Gasteiger partial charge in [0.1, 0.15) is 11.4 Å². The van der Waals surface area contributed by atoms with E-state index in [1.807, 2.05) is 19.2 Å². The number of benzene rings is 1. The molecule has 8 nitrogen and oxygen atoms in total. The van der Waals surface area contributed by atoms with Crippen LogP contribution in [0.3, 0.4) is 0 Å². The number of thiophene rings is 1. The van der Waals surface area contributed by atoms with Crippen molar-refractivity contribution in [1.82, 2.24) is 20.1 Å². The molecule has 0 atom stereocenters. The van der Waals surface area contributed by atoms with Crippen LogP contribution in [-0.2, 0) is 0 Å². The summed E-state index contributed by atoms with van der Waals surface area (Å²) < 4.78 is 7.51. The van der Waals surface area contributed by atoms with E-state index in [-0.39, 0.29) is 45.6 Å². The van der Waals surface area contributed by atoms with E-state index in [4.69, 9.17) is 27.9 Å². The van der Waals surface area contributed by atoms with Gasteiger partial charge in [-0.15, -0.1) is 16.4 Å².